The van der Waals surface area contributed by atoms with Crippen molar-refractivity contribution in [3.63, 3.8) is 0 Å². The van der Waals surface area contributed by atoms with Crippen LogP contribution < -0.4 is 15.6 Å². The van der Waals surface area contributed by atoms with Crippen molar-refractivity contribution in [2.24, 2.45) is 0 Å². The van der Waals surface area contributed by atoms with Crippen LogP contribution in [0.5, 0.6) is 5.75 Å². The van der Waals surface area contributed by atoms with Crippen LogP contribution in [0.2, 0.25) is 5.02 Å². The Hall–Kier alpha value is -3.16. The number of thiophene rings is 1. The topological polar surface area (TPSA) is 84.5 Å². The van der Waals surface area contributed by atoms with E-state index in [9.17, 15) is 14.4 Å². The zero-order valence-corrected chi connectivity index (χ0v) is 17.5. The SMILES string of the molecule is O=C(CCC(=O)c1cccs1)NNC(=O)c1ccc(COc2ccc(Cl)cc2)cc1. The summed E-state index contributed by atoms with van der Waals surface area (Å²) in [6.45, 7) is 0.346. The van der Waals surface area contributed by atoms with Gasteiger partial charge in [0.1, 0.15) is 12.4 Å². The van der Waals surface area contributed by atoms with Gasteiger partial charge in [-0.05, 0) is 53.4 Å². The highest BCUT2D eigenvalue weighted by atomic mass is 35.5. The lowest BCUT2D eigenvalue weighted by Crippen LogP contribution is -2.41. The monoisotopic (exact) mass is 442 g/mol. The Morgan fingerprint density at radius 1 is 0.900 bits per heavy atom. The van der Waals surface area contributed by atoms with Crippen molar-refractivity contribution in [3.8, 4) is 5.75 Å². The molecule has 8 heteroatoms. The van der Waals surface area contributed by atoms with E-state index in [1.54, 1.807) is 60.7 Å². The number of halogens is 1. The quantitative estimate of drug-likeness (QED) is 0.400. The zero-order chi connectivity index (χ0) is 21.3. The molecular weight excluding hydrogens is 424 g/mol. The maximum absolute atomic E-state index is 12.2. The van der Waals surface area contributed by atoms with E-state index in [1.807, 2.05) is 5.38 Å². The van der Waals surface area contributed by atoms with E-state index in [0.29, 0.717) is 27.8 Å². The van der Waals surface area contributed by atoms with Gasteiger partial charge in [-0.2, -0.15) is 0 Å². The minimum atomic E-state index is -0.446. The zero-order valence-electron chi connectivity index (χ0n) is 15.9. The van der Waals surface area contributed by atoms with Crippen LogP contribution in [0.25, 0.3) is 0 Å². The second kappa shape index (κ2) is 10.6. The minimum Gasteiger partial charge on any atom is -0.489 e. The van der Waals surface area contributed by atoms with Crippen molar-refractivity contribution in [3.05, 3.63) is 87.1 Å². The number of Topliss-reactive ketones (excluding diaryl/α,β-unsaturated/α-hetero) is 1. The lowest BCUT2D eigenvalue weighted by Gasteiger charge is -2.09. The van der Waals surface area contributed by atoms with Gasteiger partial charge in [0, 0.05) is 23.4 Å². The van der Waals surface area contributed by atoms with Crippen LogP contribution in [0.3, 0.4) is 0 Å². The summed E-state index contributed by atoms with van der Waals surface area (Å²) in [5, 5.41) is 2.45. The molecule has 2 N–H and O–H groups in total. The van der Waals surface area contributed by atoms with Crippen LogP contribution in [0.4, 0.5) is 0 Å². The molecular formula is C22H19ClN2O4S. The Bertz CT molecular complexity index is 1000. The van der Waals surface area contributed by atoms with Gasteiger partial charge in [0.05, 0.1) is 4.88 Å². The maximum atomic E-state index is 12.2. The number of amides is 2. The molecule has 6 nitrogen and oxygen atoms in total. The molecule has 0 saturated carbocycles. The largest absolute Gasteiger partial charge is 0.489 e. The maximum Gasteiger partial charge on any atom is 0.269 e. The van der Waals surface area contributed by atoms with Crippen molar-refractivity contribution in [1.29, 1.82) is 0 Å². The summed E-state index contributed by atoms with van der Waals surface area (Å²) in [4.78, 5) is 36.5. The first-order valence-electron chi connectivity index (χ1n) is 9.14. The number of benzene rings is 2. The van der Waals surface area contributed by atoms with Crippen molar-refractivity contribution in [2.75, 3.05) is 0 Å². The van der Waals surface area contributed by atoms with Crippen molar-refractivity contribution >= 4 is 40.5 Å². The molecule has 1 aromatic heterocycles. The summed E-state index contributed by atoms with van der Waals surface area (Å²) in [6, 6.07) is 17.4. The molecule has 0 spiro atoms. The van der Waals surface area contributed by atoms with Crippen molar-refractivity contribution < 1.29 is 19.1 Å². The number of carbonyl (C=O) groups is 3. The molecule has 0 saturated heterocycles. The summed E-state index contributed by atoms with van der Waals surface area (Å²) in [6.07, 6.45) is 0.0858. The molecule has 0 aliphatic rings. The Morgan fingerprint density at radius 2 is 1.63 bits per heavy atom. The molecule has 0 radical (unpaired) electrons. The van der Waals surface area contributed by atoms with Gasteiger partial charge in [0.2, 0.25) is 5.91 Å². The van der Waals surface area contributed by atoms with Crippen LogP contribution in [0.1, 0.15) is 38.4 Å². The lowest BCUT2D eigenvalue weighted by atomic mass is 10.1. The number of ketones is 1. The van der Waals surface area contributed by atoms with E-state index in [0.717, 1.165) is 5.56 Å². The van der Waals surface area contributed by atoms with E-state index in [4.69, 9.17) is 16.3 Å². The van der Waals surface area contributed by atoms with Gasteiger partial charge in [-0.15, -0.1) is 11.3 Å². The summed E-state index contributed by atoms with van der Waals surface area (Å²) < 4.78 is 5.66. The average molecular weight is 443 g/mol. The molecule has 3 rings (SSSR count). The van der Waals surface area contributed by atoms with Gasteiger partial charge in [0.25, 0.3) is 5.91 Å². The van der Waals surface area contributed by atoms with Crippen LogP contribution in [0, 0.1) is 0 Å². The molecule has 30 heavy (non-hydrogen) atoms. The smallest absolute Gasteiger partial charge is 0.269 e. The fraction of sp³-hybridized carbons (Fsp3) is 0.136. The second-order valence-corrected chi connectivity index (χ2v) is 7.73. The Kier molecular flexibility index (Phi) is 7.59. The molecule has 1 heterocycles. The number of nitrogens with one attached hydrogen (secondary N) is 2. The summed E-state index contributed by atoms with van der Waals surface area (Å²) in [7, 11) is 0. The third-order valence-corrected chi connectivity index (χ3v) is 5.29. The van der Waals surface area contributed by atoms with Crippen LogP contribution in [-0.2, 0) is 11.4 Å². The van der Waals surface area contributed by atoms with Gasteiger partial charge in [-0.3, -0.25) is 25.2 Å². The molecule has 2 aromatic carbocycles. The van der Waals surface area contributed by atoms with Crippen molar-refractivity contribution in [1.82, 2.24) is 10.9 Å². The fourth-order valence-corrected chi connectivity index (χ4v) is 3.32. The highest BCUT2D eigenvalue weighted by Gasteiger charge is 2.11. The van der Waals surface area contributed by atoms with E-state index in [-0.39, 0.29) is 18.6 Å². The van der Waals surface area contributed by atoms with Gasteiger partial charge < -0.3 is 4.74 Å². The van der Waals surface area contributed by atoms with Crippen LogP contribution >= 0.6 is 22.9 Å². The third kappa shape index (κ3) is 6.43. The molecule has 154 valence electrons. The Morgan fingerprint density at radius 3 is 2.30 bits per heavy atom. The first-order valence-corrected chi connectivity index (χ1v) is 10.4. The van der Waals surface area contributed by atoms with Gasteiger partial charge >= 0.3 is 0 Å². The molecule has 0 atom stereocenters. The van der Waals surface area contributed by atoms with Crippen LogP contribution in [0.15, 0.2) is 66.0 Å². The molecule has 0 unspecified atom stereocenters. The second-order valence-electron chi connectivity index (χ2n) is 6.34. The third-order valence-electron chi connectivity index (χ3n) is 4.13. The molecule has 0 fully saturated rings. The van der Waals surface area contributed by atoms with E-state index >= 15 is 0 Å². The summed E-state index contributed by atoms with van der Waals surface area (Å²) >= 11 is 7.18. The number of hydrazine groups is 1. The minimum absolute atomic E-state index is 0.00200. The first-order chi connectivity index (χ1) is 14.5. The Labute approximate surface area is 182 Å². The van der Waals surface area contributed by atoms with E-state index < -0.39 is 11.8 Å². The van der Waals surface area contributed by atoms with Gasteiger partial charge in [-0.25, -0.2) is 0 Å². The van der Waals surface area contributed by atoms with Crippen molar-refractivity contribution in [2.45, 2.75) is 19.4 Å². The number of hydrogen-bond donors (Lipinski definition) is 2. The van der Waals surface area contributed by atoms with E-state index in [1.165, 1.54) is 11.3 Å². The molecule has 0 aliphatic carbocycles. The van der Waals surface area contributed by atoms with E-state index in [2.05, 4.69) is 10.9 Å². The molecule has 2 amide bonds. The Balaban J connectivity index is 1.41. The predicted octanol–water partition coefficient (Wildman–Crippen LogP) is 4.40. The first kappa shape index (κ1) is 21.5. The number of hydrogen-bond acceptors (Lipinski definition) is 5. The molecule has 0 aliphatic heterocycles. The van der Waals surface area contributed by atoms with Crippen LogP contribution in [-0.4, -0.2) is 17.6 Å². The number of carbonyl (C=O) groups excluding carboxylic acids is 3. The predicted molar refractivity (Wildman–Crippen MR) is 116 cm³/mol. The normalized spacial score (nSPS) is 10.3. The van der Waals surface area contributed by atoms with Gasteiger partial charge in [-0.1, -0.05) is 29.8 Å². The average Bonchev–Trinajstić information content (AvgIpc) is 3.31. The molecule has 3 aromatic rings. The summed E-state index contributed by atoms with van der Waals surface area (Å²) in [5.41, 5.74) is 5.95. The fourth-order valence-electron chi connectivity index (χ4n) is 2.50. The van der Waals surface area contributed by atoms with Gasteiger partial charge in [0.15, 0.2) is 5.78 Å². The number of ether oxygens (including phenoxy) is 1. The summed E-state index contributed by atoms with van der Waals surface area (Å²) in [5.74, 6) is -0.274. The highest BCUT2D eigenvalue weighted by molar-refractivity contribution is 7.12. The standard InChI is InChI=1S/C22H19ClN2O4S/c23-17-7-9-18(10-8-17)29-14-15-3-5-16(6-4-15)22(28)25-24-21(27)12-11-19(26)20-2-1-13-30-20/h1-10,13H,11-12,14H2,(H,24,27)(H,25,28). The highest BCUT2D eigenvalue weighted by Crippen LogP contribution is 2.17. The lowest BCUT2D eigenvalue weighted by molar-refractivity contribution is -0.121. The molecule has 0 bridgehead atoms. The number of rotatable bonds is 8.